The summed E-state index contributed by atoms with van der Waals surface area (Å²) < 4.78 is 5.51. The van der Waals surface area contributed by atoms with Gasteiger partial charge in [-0.1, -0.05) is 29.8 Å². The van der Waals surface area contributed by atoms with Crippen LogP contribution in [0.15, 0.2) is 24.3 Å². The van der Waals surface area contributed by atoms with Crippen molar-refractivity contribution in [2.75, 3.05) is 13.2 Å². The van der Waals surface area contributed by atoms with Gasteiger partial charge in [-0.2, -0.15) is 0 Å². The van der Waals surface area contributed by atoms with Gasteiger partial charge in [-0.05, 0) is 31.4 Å². The van der Waals surface area contributed by atoms with E-state index in [-0.39, 0.29) is 0 Å². The van der Waals surface area contributed by atoms with E-state index in [1.54, 1.807) is 0 Å². The predicted octanol–water partition coefficient (Wildman–Crippen LogP) is 2.94. The molecule has 0 bridgehead atoms. The van der Waals surface area contributed by atoms with Gasteiger partial charge in [-0.25, -0.2) is 0 Å². The molecule has 2 N–H and O–H groups in total. The van der Waals surface area contributed by atoms with E-state index in [1.165, 1.54) is 0 Å². The first kappa shape index (κ1) is 11.9. The molecule has 1 aliphatic rings. The molecule has 1 aromatic rings. The maximum atomic E-state index is 6.45. The van der Waals surface area contributed by atoms with Crippen molar-refractivity contribution < 1.29 is 4.74 Å². The molecule has 88 valence electrons. The Hall–Kier alpha value is -0.570. The van der Waals surface area contributed by atoms with Crippen LogP contribution in [-0.2, 0) is 10.3 Å². The van der Waals surface area contributed by atoms with Gasteiger partial charge in [0.1, 0.15) is 0 Å². The average molecular weight is 240 g/mol. The lowest BCUT2D eigenvalue weighted by molar-refractivity contribution is 0.0243. The van der Waals surface area contributed by atoms with Gasteiger partial charge in [-0.15, -0.1) is 0 Å². The summed E-state index contributed by atoms with van der Waals surface area (Å²) in [6.07, 6.45) is 2.19. The Morgan fingerprint density at radius 2 is 2.19 bits per heavy atom. The minimum Gasteiger partial charge on any atom is -0.381 e. The maximum Gasteiger partial charge on any atom is 0.0515 e. The molecular formula is C13H18ClNO. The van der Waals surface area contributed by atoms with Crippen LogP contribution in [-0.4, -0.2) is 13.2 Å². The molecule has 1 saturated heterocycles. The molecule has 0 saturated carbocycles. The molecule has 0 aromatic heterocycles. The van der Waals surface area contributed by atoms with Gasteiger partial charge in [0.05, 0.1) is 6.61 Å². The van der Waals surface area contributed by atoms with Gasteiger partial charge < -0.3 is 10.5 Å². The molecule has 2 unspecified atom stereocenters. The van der Waals surface area contributed by atoms with Crippen molar-refractivity contribution in [2.45, 2.75) is 25.3 Å². The van der Waals surface area contributed by atoms with Crippen molar-refractivity contribution in [1.29, 1.82) is 0 Å². The van der Waals surface area contributed by atoms with E-state index in [0.717, 1.165) is 36.6 Å². The number of hydrogen-bond donors (Lipinski definition) is 1. The van der Waals surface area contributed by atoms with Crippen molar-refractivity contribution in [3.05, 3.63) is 34.9 Å². The summed E-state index contributed by atoms with van der Waals surface area (Å²) in [4.78, 5) is 0. The van der Waals surface area contributed by atoms with Crippen LogP contribution in [0, 0.1) is 5.92 Å². The summed E-state index contributed by atoms with van der Waals surface area (Å²) in [5, 5.41) is 0.748. The second-order valence-electron chi connectivity index (χ2n) is 4.68. The van der Waals surface area contributed by atoms with Crippen LogP contribution in [0.2, 0.25) is 5.02 Å². The van der Waals surface area contributed by atoms with E-state index in [1.807, 2.05) is 31.2 Å². The quantitative estimate of drug-likeness (QED) is 0.861. The Balaban J connectivity index is 2.26. The van der Waals surface area contributed by atoms with Gasteiger partial charge in [0.2, 0.25) is 0 Å². The molecule has 2 rings (SSSR count). The highest BCUT2D eigenvalue weighted by atomic mass is 35.5. The van der Waals surface area contributed by atoms with E-state index >= 15 is 0 Å². The second kappa shape index (κ2) is 4.74. The van der Waals surface area contributed by atoms with Gasteiger partial charge in [0, 0.05) is 23.1 Å². The first-order chi connectivity index (χ1) is 7.62. The fourth-order valence-corrected chi connectivity index (χ4v) is 2.67. The molecule has 2 nitrogen and oxygen atoms in total. The number of hydrogen-bond acceptors (Lipinski definition) is 2. The molecular weight excluding hydrogens is 222 g/mol. The standard InChI is InChI=1S/C13H18ClNO/c1-13(15,10-5-4-8-16-9-10)11-6-2-3-7-12(11)14/h2-3,6-7,10H,4-5,8-9,15H2,1H3. The van der Waals surface area contributed by atoms with Crippen LogP contribution in [0.5, 0.6) is 0 Å². The van der Waals surface area contributed by atoms with E-state index in [0.29, 0.717) is 5.92 Å². The zero-order valence-electron chi connectivity index (χ0n) is 9.58. The zero-order valence-corrected chi connectivity index (χ0v) is 10.3. The lowest BCUT2D eigenvalue weighted by Crippen LogP contribution is -2.45. The summed E-state index contributed by atoms with van der Waals surface area (Å²) in [6, 6.07) is 7.82. The molecule has 1 fully saturated rings. The largest absolute Gasteiger partial charge is 0.381 e. The van der Waals surface area contributed by atoms with Crippen LogP contribution >= 0.6 is 11.6 Å². The van der Waals surface area contributed by atoms with Crippen LogP contribution in [0.3, 0.4) is 0 Å². The lowest BCUT2D eigenvalue weighted by atomic mass is 9.78. The molecule has 0 spiro atoms. The van der Waals surface area contributed by atoms with Gasteiger partial charge in [0.15, 0.2) is 0 Å². The van der Waals surface area contributed by atoms with Crippen LogP contribution in [0.1, 0.15) is 25.3 Å². The van der Waals surface area contributed by atoms with Crippen LogP contribution < -0.4 is 5.73 Å². The van der Waals surface area contributed by atoms with Crippen LogP contribution in [0.25, 0.3) is 0 Å². The normalized spacial score (nSPS) is 25.1. The Bertz CT molecular complexity index is 359. The van der Waals surface area contributed by atoms with E-state index in [4.69, 9.17) is 22.1 Å². The molecule has 1 aromatic carbocycles. The third-order valence-electron chi connectivity index (χ3n) is 3.46. The zero-order chi connectivity index (χ0) is 11.6. The van der Waals surface area contributed by atoms with Gasteiger partial charge >= 0.3 is 0 Å². The fourth-order valence-electron chi connectivity index (χ4n) is 2.33. The topological polar surface area (TPSA) is 35.2 Å². The highest BCUT2D eigenvalue weighted by molar-refractivity contribution is 6.31. The third kappa shape index (κ3) is 2.24. The van der Waals surface area contributed by atoms with Crippen molar-refractivity contribution in [1.82, 2.24) is 0 Å². The number of rotatable bonds is 2. The molecule has 0 amide bonds. The summed E-state index contributed by atoms with van der Waals surface area (Å²) >= 11 is 6.21. The van der Waals surface area contributed by atoms with Crippen LogP contribution in [0.4, 0.5) is 0 Å². The first-order valence-electron chi connectivity index (χ1n) is 5.74. The fraction of sp³-hybridized carbons (Fsp3) is 0.538. The number of halogens is 1. The minimum atomic E-state index is -0.404. The monoisotopic (exact) mass is 239 g/mol. The molecule has 1 aliphatic heterocycles. The second-order valence-corrected chi connectivity index (χ2v) is 5.08. The van der Waals surface area contributed by atoms with Crippen molar-refractivity contribution in [2.24, 2.45) is 11.7 Å². The van der Waals surface area contributed by atoms with E-state index in [9.17, 15) is 0 Å². The maximum absolute atomic E-state index is 6.45. The van der Waals surface area contributed by atoms with E-state index in [2.05, 4.69) is 0 Å². The highest BCUT2D eigenvalue weighted by Gasteiger charge is 2.34. The molecule has 0 radical (unpaired) electrons. The third-order valence-corrected chi connectivity index (χ3v) is 3.79. The Morgan fingerprint density at radius 1 is 1.44 bits per heavy atom. The summed E-state index contributed by atoms with van der Waals surface area (Å²) in [5.41, 5.74) is 7.07. The predicted molar refractivity (Wildman–Crippen MR) is 66.5 cm³/mol. The van der Waals surface area contributed by atoms with Gasteiger partial charge in [-0.3, -0.25) is 0 Å². The number of ether oxygens (including phenoxy) is 1. The molecule has 2 atom stereocenters. The number of nitrogens with two attached hydrogens (primary N) is 1. The average Bonchev–Trinajstić information content (AvgIpc) is 2.30. The Labute approximate surface area is 102 Å². The van der Waals surface area contributed by atoms with E-state index < -0.39 is 5.54 Å². The Kier molecular flexibility index (Phi) is 3.53. The summed E-state index contributed by atoms with van der Waals surface area (Å²) in [7, 11) is 0. The number of benzene rings is 1. The SMILES string of the molecule is CC(N)(c1ccccc1Cl)C1CCCOC1. The van der Waals surface area contributed by atoms with Gasteiger partial charge in [0.25, 0.3) is 0 Å². The minimum absolute atomic E-state index is 0.348. The molecule has 3 heteroatoms. The summed E-state index contributed by atoms with van der Waals surface area (Å²) in [6.45, 7) is 3.64. The van der Waals surface area contributed by atoms with Crippen molar-refractivity contribution >= 4 is 11.6 Å². The molecule has 16 heavy (non-hydrogen) atoms. The molecule has 1 heterocycles. The van der Waals surface area contributed by atoms with Crippen molar-refractivity contribution in [3.63, 3.8) is 0 Å². The summed E-state index contributed by atoms with van der Waals surface area (Å²) in [5.74, 6) is 0.348. The lowest BCUT2D eigenvalue weighted by Gasteiger charge is -2.37. The Morgan fingerprint density at radius 3 is 2.81 bits per heavy atom. The van der Waals surface area contributed by atoms with Crippen molar-refractivity contribution in [3.8, 4) is 0 Å². The first-order valence-corrected chi connectivity index (χ1v) is 6.12. The highest BCUT2D eigenvalue weighted by Crippen LogP contribution is 2.35. The smallest absolute Gasteiger partial charge is 0.0515 e. The molecule has 0 aliphatic carbocycles.